The average molecular weight is 492 g/mol. The van der Waals surface area contributed by atoms with Crippen LogP contribution in [0.3, 0.4) is 0 Å². The van der Waals surface area contributed by atoms with Crippen molar-refractivity contribution in [3.63, 3.8) is 0 Å². The van der Waals surface area contributed by atoms with Crippen molar-refractivity contribution in [2.24, 2.45) is 0 Å². The Kier molecular flexibility index (Phi) is 8.26. The van der Waals surface area contributed by atoms with Crippen LogP contribution in [0, 0.1) is 0 Å². The van der Waals surface area contributed by atoms with Gasteiger partial charge < -0.3 is 9.30 Å². The third kappa shape index (κ3) is 5.66. The Balaban J connectivity index is 1.79. The Morgan fingerprint density at radius 1 is 1.06 bits per heavy atom. The molecule has 0 amide bonds. The molecule has 0 fully saturated rings. The molecule has 5 nitrogen and oxygen atoms in total. The van der Waals surface area contributed by atoms with Gasteiger partial charge in [-0.1, -0.05) is 67.0 Å². The molecular formula is C24H27Cl2N3O2S. The number of para-hydroxylation sites is 1. The molecule has 0 saturated carbocycles. The standard InChI is InChI=1S/C24H27Cl2N3O2S/c1-14(2)18-8-6-7-9-22(18)31-16(5)23-27-28-24(29(23)15(3)4)32-13-21(30)19-11-10-17(25)12-20(19)26/h6-12,14-16H,13H2,1-5H3. The van der Waals surface area contributed by atoms with Crippen LogP contribution in [0.4, 0.5) is 0 Å². The summed E-state index contributed by atoms with van der Waals surface area (Å²) in [6.07, 6.45) is -0.305. The zero-order valence-corrected chi connectivity index (χ0v) is 21.1. The molecule has 3 rings (SSSR count). The molecule has 0 spiro atoms. The van der Waals surface area contributed by atoms with Crippen LogP contribution in [0.25, 0.3) is 0 Å². The second-order valence-corrected chi connectivity index (χ2v) is 9.88. The Bertz CT molecular complexity index is 1100. The van der Waals surface area contributed by atoms with E-state index in [0.29, 0.717) is 26.7 Å². The first-order valence-electron chi connectivity index (χ1n) is 10.5. The molecule has 3 aromatic rings. The number of aromatic nitrogens is 3. The summed E-state index contributed by atoms with van der Waals surface area (Å²) in [4.78, 5) is 12.7. The van der Waals surface area contributed by atoms with Crippen LogP contribution in [-0.4, -0.2) is 26.3 Å². The molecule has 0 aliphatic carbocycles. The highest BCUT2D eigenvalue weighted by atomic mass is 35.5. The number of ketones is 1. The number of benzene rings is 2. The predicted molar refractivity (Wildman–Crippen MR) is 131 cm³/mol. The van der Waals surface area contributed by atoms with E-state index in [4.69, 9.17) is 27.9 Å². The first-order valence-corrected chi connectivity index (χ1v) is 12.2. The normalized spacial score (nSPS) is 12.4. The van der Waals surface area contributed by atoms with Gasteiger partial charge in [0, 0.05) is 16.6 Å². The van der Waals surface area contributed by atoms with Gasteiger partial charge >= 0.3 is 0 Å². The van der Waals surface area contributed by atoms with Crippen LogP contribution in [0.5, 0.6) is 5.75 Å². The molecule has 0 radical (unpaired) electrons. The number of thioether (sulfide) groups is 1. The van der Waals surface area contributed by atoms with Crippen LogP contribution in [-0.2, 0) is 0 Å². The van der Waals surface area contributed by atoms with Crippen molar-refractivity contribution in [1.82, 2.24) is 14.8 Å². The maximum Gasteiger partial charge on any atom is 0.192 e. The summed E-state index contributed by atoms with van der Waals surface area (Å²) >= 11 is 13.5. The average Bonchev–Trinajstić information content (AvgIpc) is 3.16. The van der Waals surface area contributed by atoms with Gasteiger partial charge in [0.25, 0.3) is 0 Å². The Morgan fingerprint density at radius 2 is 1.78 bits per heavy atom. The Hall–Kier alpha value is -2.02. The van der Waals surface area contributed by atoms with E-state index in [1.807, 2.05) is 29.7 Å². The molecule has 0 bridgehead atoms. The molecule has 0 N–H and O–H groups in total. The van der Waals surface area contributed by atoms with E-state index in [1.165, 1.54) is 11.8 Å². The number of carbonyl (C=O) groups excluding carboxylic acids is 1. The van der Waals surface area contributed by atoms with Crippen molar-refractivity contribution in [3.05, 3.63) is 69.5 Å². The number of carbonyl (C=O) groups is 1. The fourth-order valence-electron chi connectivity index (χ4n) is 3.38. The second kappa shape index (κ2) is 10.7. The van der Waals surface area contributed by atoms with E-state index in [0.717, 1.165) is 17.1 Å². The Morgan fingerprint density at radius 3 is 2.44 bits per heavy atom. The monoisotopic (exact) mass is 491 g/mol. The van der Waals surface area contributed by atoms with Crippen molar-refractivity contribution in [1.29, 1.82) is 0 Å². The van der Waals surface area contributed by atoms with Crippen LogP contribution in [0.2, 0.25) is 10.0 Å². The van der Waals surface area contributed by atoms with E-state index in [-0.39, 0.29) is 23.7 Å². The predicted octanol–water partition coefficient (Wildman–Crippen LogP) is 7.40. The smallest absolute Gasteiger partial charge is 0.192 e. The summed E-state index contributed by atoms with van der Waals surface area (Å²) in [5.41, 5.74) is 1.59. The highest BCUT2D eigenvalue weighted by molar-refractivity contribution is 7.99. The number of hydrogen-bond acceptors (Lipinski definition) is 5. The summed E-state index contributed by atoms with van der Waals surface area (Å²) in [7, 11) is 0. The van der Waals surface area contributed by atoms with Crippen molar-refractivity contribution in [2.75, 3.05) is 5.75 Å². The number of Topliss-reactive ketones (excluding diaryl/α,β-unsaturated/α-hetero) is 1. The van der Waals surface area contributed by atoms with Gasteiger partial charge in [0.05, 0.1) is 10.8 Å². The third-order valence-corrected chi connectivity index (χ3v) is 6.47. The fraction of sp³-hybridized carbons (Fsp3) is 0.375. The molecule has 1 aromatic heterocycles. The largest absolute Gasteiger partial charge is 0.482 e. The van der Waals surface area contributed by atoms with E-state index in [1.54, 1.807) is 18.2 Å². The summed E-state index contributed by atoms with van der Waals surface area (Å²) in [5.74, 6) is 2.01. The van der Waals surface area contributed by atoms with Gasteiger partial charge in [0.2, 0.25) is 0 Å². The molecule has 0 saturated heterocycles. The van der Waals surface area contributed by atoms with E-state index >= 15 is 0 Å². The van der Waals surface area contributed by atoms with Crippen molar-refractivity contribution in [2.45, 2.75) is 57.8 Å². The molecule has 0 aliphatic rings. The number of nitrogens with zero attached hydrogens (tertiary/aromatic N) is 3. The zero-order valence-electron chi connectivity index (χ0n) is 18.8. The van der Waals surface area contributed by atoms with Crippen LogP contribution in [0.1, 0.15) is 74.4 Å². The molecule has 1 atom stereocenters. The Labute approximate surface area is 203 Å². The fourth-order valence-corrected chi connectivity index (χ4v) is 4.85. The topological polar surface area (TPSA) is 57.0 Å². The number of ether oxygens (including phenoxy) is 1. The molecule has 2 aromatic carbocycles. The lowest BCUT2D eigenvalue weighted by Gasteiger charge is -2.21. The van der Waals surface area contributed by atoms with E-state index in [9.17, 15) is 4.79 Å². The first kappa shape index (κ1) is 24.6. The summed E-state index contributed by atoms with van der Waals surface area (Å²) < 4.78 is 8.31. The molecule has 170 valence electrons. The van der Waals surface area contributed by atoms with Gasteiger partial charge in [0.1, 0.15) is 5.75 Å². The van der Waals surface area contributed by atoms with Gasteiger partial charge in [0.15, 0.2) is 22.9 Å². The quantitative estimate of drug-likeness (QED) is 0.230. The molecule has 0 aliphatic heterocycles. The van der Waals surface area contributed by atoms with Crippen LogP contribution >= 0.6 is 35.0 Å². The van der Waals surface area contributed by atoms with Crippen molar-refractivity contribution in [3.8, 4) is 5.75 Å². The van der Waals surface area contributed by atoms with E-state index in [2.05, 4.69) is 44.0 Å². The molecular weight excluding hydrogens is 465 g/mol. The molecule has 32 heavy (non-hydrogen) atoms. The maximum absolute atomic E-state index is 12.7. The second-order valence-electron chi connectivity index (χ2n) is 8.09. The minimum absolute atomic E-state index is 0.0910. The van der Waals surface area contributed by atoms with Crippen molar-refractivity contribution >= 4 is 40.7 Å². The summed E-state index contributed by atoms with van der Waals surface area (Å²) in [6.45, 7) is 10.4. The SMILES string of the molecule is CC(C)c1ccccc1OC(C)c1nnc(SCC(=O)c2ccc(Cl)cc2Cl)n1C(C)C. The summed E-state index contributed by atoms with van der Waals surface area (Å²) in [6, 6.07) is 13.0. The van der Waals surface area contributed by atoms with Gasteiger partial charge in [-0.25, -0.2) is 0 Å². The number of halogens is 2. The van der Waals surface area contributed by atoms with E-state index < -0.39 is 0 Å². The lowest BCUT2D eigenvalue weighted by atomic mass is 10.0. The lowest BCUT2D eigenvalue weighted by molar-refractivity contribution is 0.102. The van der Waals surface area contributed by atoms with Crippen LogP contribution in [0.15, 0.2) is 47.6 Å². The third-order valence-electron chi connectivity index (χ3n) is 4.98. The summed E-state index contributed by atoms with van der Waals surface area (Å²) in [5, 5.41) is 10.3. The number of hydrogen-bond donors (Lipinski definition) is 0. The van der Waals surface area contributed by atoms with Gasteiger partial charge in [-0.15, -0.1) is 10.2 Å². The van der Waals surface area contributed by atoms with Gasteiger partial charge in [-0.3, -0.25) is 4.79 Å². The van der Waals surface area contributed by atoms with Crippen LogP contribution < -0.4 is 4.74 Å². The maximum atomic E-state index is 12.7. The van der Waals surface area contributed by atoms with Gasteiger partial charge in [-0.05, 0) is 56.5 Å². The highest BCUT2D eigenvalue weighted by Crippen LogP contribution is 2.32. The molecule has 8 heteroatoms. The minimum Gasteiger partial charge on any atom is -0.482 e. The number of rotatable bonds is 9. The minimum atomic E-state index is -0.305. The molecule has 1 unspecified atom stereocenters. The lowest BCUT2D eigenvalue weighted by Crippen LogP contribution is -2.15. The zero-order chi connectivity index (χ0) is 23.4. The first-order chi connectivity index (χ1) is 15.2. The van der Waals surface area contributed by atoms with Gasteiger partial charge in [-0.2, -0.15) is 0 Å². The highest BCUT2D eigenvalue weighted by Gasteiger charge is 2.23. The van der Waals surface area contributed by atoms with Crippen molar-refractivity contribution < 1.29 is 9.53 Å². The molecule has 1 heterocycles.